The Balaban J connectivity index is 1.90. The van der Waals surface area contributed by atoms with Gasteiger partial charge in [0.2, 0.25) is 0 Å². The first-order valence-electron chi connectivity index (χ1n) is 6.68. The van der Waals surface area contributed by atoms with E-state index in [1.807, 2.05) is 25.1 Å². The number of ether oxygens (including phenoxy) is 2. The van der Waals surface area contributed by atoms with Crippen molar-refractivity contribution in [2.75, 3.05) is 13.2 Å². The first-order chi connectivity index (χ1) is 9.74. The normalized spacial score (nSPS) is 15.5. The van der Waals surface area contributed by atoms with Crippen molar-refractivity contribution in [1.29, 1.82) is 0 Å². The molecule has 104 valence electrons. The number of aryl methyl sites for hydroxylation is 1. The molecule has 0 amide bonds. The van der Waals surface area contributed by atoms with Gasteiger partial charge in [0.25, 0.3) is 0 Å². The number of hydrogen-bond donors (Lipinski definition) is 1. The van der Waals surface area contributed by atoms with E-state index in [9.17, 15) is 0 Å². The van der Waals surface area contributed by atoms with E-state index in [0.717, 1.165) is 34.9 Å². The molecule has 0 fully saturated rings. The van der Waals surface area contributed by atoms with E-state index in [1.165, 1.54) is 0 Å². The van der Waals surface area contributed by atoms with Crippen LogP contribution in [-0.2, 0) is 0 Å². The van der Waals surface area contributed by atoms with Gasteiger partial charge in [-0.15, -0.1) is 0 Å². The Kier molecular flexibility index (Phi) is 3.52. The van der Waals surface area contributed by atoms with E-state index in [2.05, 4.69) is 9.97 Å². The van der Waals surface area contributed by atoms with Crippen molar-refractivity contribution in [2.45, 2.75) is 19.4 Å². The predicted molar refractivity (Wildman–Crippen MR) is 74.8 cm³/mol. The average molecular weight is 271 g/mol. The molecule has 0 spiro atoms. The molecule has 2 N–H and O–H groups in total. The number of fused-ring (bicyclic) bond motifs is 1. The molecule has 1 aromatic heterocycles. The summed E-state index contributed by atoms with van der Waals surface area (Å²) >= 11 is 0. The standard InChI is InChI=1S/C15H17N3O2/c1-10-8-18-12(9-17-10)15(16)11-3-4-13-14(7-11)20-6-2-5-19-13/h3-4,7-9,15H,2,5-6,16H2,1H3. The lowest BCUT2D eigenvalue weighted by Crippen LogP contribution is -2.14. The number of rotatable bonds is 2. The third kappa shape index (κ3) is 2.58. The van der Waals surface area contributed by atoms with Crippen LogP contribution in [0.2, 0.25) is 0 Å². The number of nitrogens with zero attached hydrogens (tertiary/aromatic N) is 2. The summed E-state index contributed by atoms with van der Waals surface area (Å²) in [6, 6.07) is 5.45. The van der Waals surface area contributed by atoms with Crippen molar-refractivity contribution >= 4 is 0 Å². The Morgan fingerprint density at radius 3 is 2.65 bits per heavy atom. The fraction of sp³-hybridized carbons (Fsp3) is 0.333. The van der Waals surface area contributed by atoms with Gasteiger partial charge in [-0.25, -0.2) is 0 Å². The van der Waals surface area contributed by atoms with Gasteiger partial charge in [0.1, 0.15) is 0 Å². The fourth-order valence-electron chi connectivity index (χ4n) is 2.11. The molecule has 0 saturated carbocycles. The van der Waals surface area contributed by atoms with Crippen LogP contribution in [0.15, 0.2) is 30.6 Å². The van der Waals surface area contributed by atoms with Crippen molar-refractivity contribution in [3.8, 4) is 11.5 Å². The molecule has 20 heavy (non-hydrogen) atoms. The van der Waals surface area contributed by atoms with Crippen molar-refractivity contribution in [2.24, 2.45) is 5.73 Å². The summed E-state index contributed by atoms with van der Waals surface area (Å²) < 4.78 is 11.3. The largest absolute Gasteiger partial charge is 0.490 e. The Bertz CT molecular complexity index is 599. The van der Waals surface area contributed by atoms with E-state index >= 15 is 0 Å². The maximum Gasteiger partial charge on any atom is 0.161 e. The third-order valence-corrected chi connectivity index (χ3v) is 3.25. The van der Waals surface area contributed by atoms with Crippen molar-refractivity contribution in [1.82, 2.24) is 9.97 Å². The van der Waals surface area contributed by atoms with Gasteiger partial charge in [0.15, 0.2) is 11.5 Å². The van der Waals surface area contributed by atoms with Crippen LogP contribution in [0.25, 0.3) is 0 Å². The Labute approximate surface area is 117 Å². The Morgan fingerprint density at radius 1 is 1.10 bits per heavy atom. The molecule has 0 radical (unpaired) electrons. The summed E-state index contributed by atoms with van der Waals surface area (Å²) in [5.41, 5.74) is 8.79. The molecule has 5 heteroatoms. The number of nitrogens with two attached hydrogens (primary N) is 1. The first kappa shape index (κ1) is 12.9. The lowest BCUT2D eigenvalue weighted by atomic mass is 10.0. The smallest absolute Gasteiger partial charge is 0.161 e. The van der Waals surface area contributed by atoms with Crippen LogP contribution >= 0.6 is 0 Å². The quantitative estimate of drug-likeness (QED) is 0.904. The number of hydrogen-bond acceptors (Lipinski definition) is 5. The van der Waals surface area contributed by atoms with Gasteiger partial charge >= 0.3 is 0 Å². The Hall–Kier alpha value is -2.14. The summed E-state index contributed by atoms with van der Waals surface area (Å²) in [5, 5.41) is 0. The molecule has 1 unspecified atom stereocenters. The van der Waals surface area contributed by atoms with Crippen LogP contribution in [-0.4, -0.2) is 23.2 Å². The lowest BCUT2D eigenvalue weighted by Gasteiger charge is -2.14. The molecule has 0 saturated heterocycles. The van der Waals surface area contributed by atoms with Gasteiger partial charge in [0, 0.05) is 12.6 Å². The highest BCUT2D eigenvalue weighted by atomic mass is 16.5. The van der Waals surface area contributed by atoms with Crippen molar-refractivity contribution in [3.63, 3.8) is 0 Å². The maximum atomic E-state index is 6.24. The molecular weight excluding hydrogens is 254 g/mol. The SMILES string of the molecule is Cc1cnc(C(N)c2ccc3c(c2)OCCCO3)cn1. The summed E-state index contributed by atoms with van der Waals surface area (Å²) in [6.07, 6.45) is 4.32. The summed E-state index contributed by atoms with van der Waals surface area (Å²) in [4.78, 5) is 8.56. The number of benzene rings is 1. The van der Waals surface area contributed by atoms with Crippen LogP contribution in [0.4, 0.5) is 0 Å². The van der Waals surface area contributed by atoms with Crippen LogP contribution in [0.1, 0.15) is 29.4 Å². The third-order valence-electron chi connectivity index (χ3n) is 3.25. The highest BCUT2D eigenvalue weighted by Gasteiger charge is 2.16. The predicted octanol–water partition coefficient (Wildman–Crippen LogP) is 1.99. The topological polar surface area (TPSA) is 70.3 Å². The molecule has 2 aromatic rings. The van der Waals surface area contributed by atoms with Gasteiger partial charge in [-0.2, -0.15) is 0 Å². The average Bonchev–Trinajstić information content (AvgIpc) is 2.71. The Morgan fingerprint density at radius 2 is 1.90 bits per heavy atom. The zero-order chi connectivity index (χ0) is 13.9. The van der Waals surface area contributed by atoms with Crippen LogP contribution < -0.4 is 15.2 Å². The molecule has 5 nitrogen and oxygen atoms in total. The van der Waals surface area contributed by atoms with Crippen molar-refractivity contribution < 1.29 is 9.47 Å². The summed E-state index contributed by atoms with van der Waals surface area (Å²) in [7, 11) is 0. The zero-order valence-corrected chi connectivity index (χ0v) is 11.4. The highest BCUT2D eigenvalue weighted by Crippen LogP contribution is 2.32. The van der Waals surface area contributed by atoms with E-state index in [0.29, 0.717) is 13.2 Å². The number of aromatic nitrogens is 2. The van der Waals surface area contributed by atoms with Gasteiger partial charge in [0.05, 0.1) is 36.8 Å². The molecule has 1 aliphatic heterocycles. The zero-order valence-electron chi connectivity index (χ0n) is 11.4. The molecule has 1 atom stereocenters. The molecular formula is C15H17N3O2. The first-order valence-corrected chi connectivity index (χ1v) is 6.68. The molecule has 2 heterocycles. The second kappa shape index (κ2) is 5.46. The molecule has 0 aliphatic carbocycles. The maximum absolute atomic E-state index is 6.24. The van der Waals surface area contributed by atoms with Crippen LogP contribution in [0, 0.1) is 6.92 Å². The molecule has 1 aromatic carbocycles. The summed E-state index contributed by atoms with van der Waals surface area (Å²) in [6.45, 7) is 3.24. The van der Waals surface area contributed by atoms with Gasteiger partial charge in [-0.3, -0.25) is 9.97 Å². The van der Waals surface area contributed by atoms with Crippen LogP contribution in [0.3, 0.4) is 0 Å². The van der Waals surface area contributed by atoms with E-state index in [-0.39, 0.29) is 6.04 Å². The fourth-order valence-corrected chi connectivity index (χ4v) is 2.11. The minimum atomic E-state index is -0.319. The molecule has 0 bridgehead atoms. The van der Waals surface area contributed by atoms with Gasteiger partial charge < -0.3 is 15.2 Å². The molecule has 1 aliphatic rings. The minimum Gasteiger partial charge on any atom is -0.490 e. The van der Waals surface area contributed by atoms with Crippen molar-refractivity contribution in [3.05, 3.63) is 47.5 Å². The van der Waals surface area contributed by atoms with Gasteiger partial charge in [-0.1, -0.05) is 6.07 Å². The lowest BCUT2D eigenvalue weighted by molar-refractivity contribution is 0.297. The van der Waals surface area contributed by atoms with Crippen LogP contribution in [0.5, 0.6) is 11.5 Å². The van der Waals surface area contributed by atoms with E-state index in [4.69, 9.17) is 15.2 Å². The second-order valence-corrected chi connectivity index (χ2v) is 4.82. The highest BCUT2D eigenvalue weighted by molar-refractivity contribution is 5.45. The monoisotopic (exact) mass is 271 g/mol. The summed E-state index contributed by atoms with van der Waals surface area (Å²) in [5.74, 6) is 1.52. The second-order valence-electron chi connectivity index (χ2n) is 4.82. The van der Waals surface area contributed by atoms with Gasteiger partial charge in [-0.05, 0) is 24.6 Å². The van der Waals surface area contributed by atoms with E-state index < -0.39 is 0 Å². The minimum absolute atomic E-state index is 0.319. The molecule has 3 rings (SSSR count). The van der Waals surface area contributed by atoms with E-state index in [1.54, 1.807) is 12.4 Å².